The van der Waals surface area contributed by atoms with Crippen molar-refractivity contribution in [1.82, 2.24) is 4.98 Å². The molecule has 1 aromatic carbocycles. The van der Waals surface area contributed by atoms with Crippen LogP contribution in [-0.2, 0) is 30.2 Å². The average molecular weight is 548 g/mol. The average Bonchev–Trinajstić information content (AvgIpc) is 3.31. The van der Waals surface area contributed by atoms with Crippen molar-refractivity contribution >= 4 is 16.9 Å². The zero-order valence-electron chi connectivity index (χ0n) is 21.5. The van der Waals surface area contributed by atoms with Gasteiger partial charge in [0.15, 0.2) is 6.29 Å². The third-order valence-electron chi connectivity index (χ3n) is 7.96. The van der Waals surface area contributed by atoms with Gasteiger partial charge in [-0.05, 0) is 23.8 Å². The van der Waals surface area contributed by atoms with Crippen LogP contribution in [0.5, 0.6) is 5.75 Å². The summed E-state index contributed by atoms with van der Waals surface area (Å²) in [5.74, 6) is -1.43. The van der Waals surface area contributed by atoms with Crippen molar-refractivity contribution in [3.8, 4) is 5.75 Å². The largest absolute Gasteiger partial charge is 0.508 e. The van der Waals surface area contributed by atoms with Gasteiger partial charge in [0.2, 0.25) is 6.29 Å². The Morgan fingerprint density at radius 2 is 2.03 bits per heavy atom. The van der Waals surface area contributed by atoms with Crippen LogP contribution in [0, 0.1) is 11.8 Å². The molecule has 0 unspecified atom stereocenters. The summed E-state index contributed by atoms with van der Waals surface area (Å²) in [7, 11) is 1.29. The van der Waals surface area contributed by atoms with E-state index in [0.717, 1.165) is 35.1 Å². The summed E-state index contributed by atoms with van der Waals surface area (Å²) in [6.07, 6.45) is -4.22. The Balaban J connectivity index is 1.43. The lowest BCUT2D eigenvalue weighted by atomic mass is 9.78. The third-order valence-corrected chi connectivity index (χ3v) is 7.96. The van der Waals surface area contributed by atoms with Crippen LogP contribution in [0.25, 0.3) is 10.9 Å². The number of quaternary nitrogens is 1. The number of aromatic nitrogens is 1. The lowest BCUT2D eigenvalue weighted by molar-refractivity contribution is -0.701. The fourth-order valence-electron chi connectivity index (χ4n) is 5.90. The molecule has 5 rings (SSSR count). The van der Waals surface area contributed by atoms with Gasteiger partial charge < -0.3 is 54.8 Å². The molecule has 4 heterocycles. The molecular weight excluding hydrogens is 512 g/mol. The highest BCUT2D eigenvalue weighted by Crippen LogP contribution is 2.41. The number of carbonyl (C=O) groups excluding carboxylic acids is 1. The summed E-state index contributed by atoms with van der Waals surface area (Å²) >= 11 is 0. The number of carbonyl (C=O) groups is 1. The summed E-state index contributed by atoms with van der Waals surface area (Å²) < 4.78 is 22.2. The van der Waals surface area contributed by atoms with Crippen LogP contribution in [0.2, 0.25) is 0 Å². The first-order valence-corrected chi connectivity index (χ1v) is 13.0. The normalized spacial score (nSPS) is 34.6. The number of fused-ring (bicyclic) bond motifs is 3. The number of aromatic hydroxyl groups is 1. The van der Waals surface area contributed by atoms with Gasteiger partial charge in [-0.15, -0.1) is 6.58 Å². The van der Waals surface area contributed by atoms with Crippen LogP contribution >= 0.6 is 0 Å². The number of aliphatic hydroxyl groups excluding tert-OH is 4. The number of hydrogen-bond donors (Lipinski definition) is 7. The maximum absolute atomic E-state index is 12.8. The SMILES string of the molecule is C=C[C@H]1[C@H](O[C@@H]2O[C@H](CO)[C@@H](O)[C@H](O)[C@H]2O)OC=C(C(=O)OC)[C@H]1C[C@@H]1[NH2+]CCc2c1[nH]c1ccc(O)cc21. The lowest BCUT2D eigenvalue weighted by Gasteiger charge is -2.43. The highest BCUT2D eigenvalue weighted by Gasteiger charge is 2.48. The molecule has 0 saturated carbocycles. The lowest BCUT2D eigenvalue weighted by Crippen LogP contribution is -2.87. The van der Waals surface area contributed by atoms with Crippen LogP contribution in [-0.4, -0.2) is 93.7 Å². The Morgan fingerprint density at radius 1 is 1.23 bits per heavy atom. The number of methoxy groups -OCH3 is 1. The van der Waals surface area contributed by atoms with Crippen molar-refractivity contribution in [2.24, 2.45) is 11.8 Å². The van der Waals surface area contributed by atoms with E-state index in [1.807, 2.05) is 6.07 Å². The van der Waals surface area contributed by atoms with Crippen LogP contribution in [0.1, 0.15) is 23.7 Å². The number of hydrogen-bond acceptors (Lipinski definition) is 10. The number of ether oxygens (including phenoxy) is 4. The number of nitrogens with one attached hydrogen (secondary N) is 1. The number of esters is 1. The molecule has 212 valence electrons. The second-order valence-electron chi connectivity index (χ2n) is 10.2. The second kappa shape index (κ2) is 11.3. The van der Waals surface area contributed by atoms with E-state index in [1.165, 1.54) is 13.4 Å². The quantitative estimate of drug-likeness (QED) is 0.169. The minimum Gasteiger partial charge on any atom is -0.508 e. The molecule has 0 radical (unpaired) electrons. The van der Waals surface area contributed by atoms with Crippen LogP contribution in [0.15, 0.2) is 42.7 Å². The van der Waals surface area contributed by atoms with E-state index in [-0.39, 0.29) is 11.8 Å². The summed E-state index contributed by atoms with van der Waals surface area (Å²) in [5.41, 5.74) is 3.34. The summed E-state index contributed by atoms with van der Waals surface area (Å²) in [4.78, 5) is 16.3. The molecule has 2 aromatic rings. The van der Waals surface area contributed by atoms with Gasteiger partial charge in [0.1, 0.15) is 36.2 Å². The predicted molar refractivity (Wildman–Crippen MR) is 135 cm³/mol. The Morgan fingerprint density at radius 3 is 2.74 bits per heavy atom. The Hall–Kier alpha value is -2.97. The Kier molecular flexibility index (Phi) is 7.96. The molecule has 1 saturated heterocycles. The number of phenols is 1. The standard InChI is InChI=1S/C27H34N2O10/c1-3-13-15(9-19-21-14(6-7-28-19)16-8-12(31)4-5-18(16)29-21)17(25(35)36-2)11-37-26(13)39-27-24(34)23(33)22(32)20(10-30)38-27/h3-5,8,11,13,15,19-20,22-24,26-34H,1,6-7,9-10H2,2H3/p+1/t13-,15+,19+,20-,22-,23+,24-,26+,27+/m1/s1. The van der Waals surface area contributed by atoms with E-state index in [9.17, 15) is 30.3 Å². The number of nitrogens with two attached hydrogens (primary N) is 1. The smallest absolute Gasteiger partial charge is 0.337 e. The molecular formula is C27H35N2O10+. The summed E-state index contributed by atoms with van der Waals surface area (Å²) in [6.45, 7) is 4.15. The zero-order chi connectivity index (χ0) is 27.8. The number of benzene rings is 1. The van der Waals surface area contributed by atoms with E-state index in [0.29, 0.717) is 12.0 Å². The number of rotatable bonds is 7. The molecule has 0 amide bonds. The summed E-state index contributed by atoms with van der Waals surface area (Å²) in [6, 6.07) is 5.15. The molecule has 0 bridgehead atoms. The van der Waals surface area contributed by atoms with Gasteiger partial charge >= 0.3 is 5.97 Å². The third kappa shape index (κ3) is 5.05. The molecule has 39 heavy (non-hydrogen) atoms. The second-order valence-corrected chi connectivity index (χ2v) is 10.2. The van der Waals surface area contributed by atoms with Gasteiger partial charge in [-0.2, -0.15) is 0 Å². The topological polar surface area (TPSA) is 188 Å². The highest BCUT2D eigenvalue weighted by atomic mass is 16.8. The van der Waals surface area contributed by atoms with Gasteiger partial charge in [0.05, 0.1) is 37.8 Å². The van der Waals surface area contributed by atoms with E-state index < -0.39 is 61.4 Å². The zero-order valence-corrected chi connectivity index (χ0v) is 21.5. The molecule has 9 atom stereocenters. The van der Waals surface area contributed by atoms with Crippen molar-refractivity contribution < 1.29 is 54.6 Å². The molecule has 0 aliphatic carbocycles. The molecule has 3 aliphatic heterocycles. The molecule has 0 spiro atoms. The van der Waals surface area contributed by atoms with E-state index in [4.69, 9.17) is 18.9 Å². The monoisotopic (exact) mass is 547 g/mol. The number of aromatic amines is 1. The molecule has 12 nitrogen and oxygen atoms in total. The number of aliphatic hydroxyl groups is 4. The van der Waals surface area contributed by atoms with Crippen molar-refractivity contribution in [3.63, 3.8) is 0 Å². The molecule has 3 aliphatic rings. The fourth-order valence-corrected chi connectivity index (χ4v) is 5.90. The van der Waals surface area contributed by atoms with E-state index in [1.54, 1.807) is 18.2 Å². The van der Waals surface area contributed by atoms with Crippen molar-refractivity contribution in [2.75, 3.05) is 20.3 Å². The van der Waals surface area contributed by atoms with Gasteiger partial charge in [-0.3, -0.25) is 0 Å². The minimum absolute atomic E-state index is 0.0743. The van der Waals surface area contributed by atoms with Crippen molar-refractivity contribution in [3.05, 3.63) is 53.9 Å². The highest BCUT2D eigenvalue weighted by molar-refractivity contribution is 5.89. The van der Waals surface area contributed by atoms with Crippen LogP contribution < -0.4 is 5.32 Å². The van der Waals surface area contributed by atoms with E-state index in [2.05, 4.69) is 16.9 Å². The minimum atomic E-state index is -1.61. The van der Waals surface area contributed by atoms with Gasteiger partial charge in [-0.25, -0.2) is 4.79 Å². The first-order chi connectivity index (χ1) is 18.8. The van der Waals surface area contributed by atoms with Crippen molar-refractivity contribution in [1.29, 1.82) is 0 Å². The van der Waals surface area contributed by atoms with Gasteiger partial charge in [0.25, 0.3) is 0 Å². The molecule has 1 fully saturated rings. The van der Waals surface area contributed by atoms with Crippen LogP contribution in [0.4, 0.5) is 0 Å². The molecule has 12 heteroatoms. The predicted octanol–water partition coefficient (Wildman–Crippen LogP) is -0.928. The first-order valence-electron chi connectivity index (χ1n) is 13.0. The number of H-pyrrole nitrogens is 1. The maximum Gasteiger partial charge on any atom is 0.337 e. The van der Waals surface area contributed by atoms with Crippen molar-refractivity contribution in [2.45, 2.75) is 55.9 Å². The molecule has 1 aromatic heterocycles. The Bertz CT molecular complexity index is 1240. The number of phenolic OH excluding ortho intramolecular Hbond substituents is 1. The fraction of sp³-hybridized carbons (Fsp3) is 0.519. The first kappa shape index (κ1) is 27.6. The van der Waals surface area contributed by atoms with Gasteiger partial charge in [-0.1, -0.05) is 6.08 Å². The van der Waals surface area contributed by atoms with E-state index >= 15 is 0 Å². The van der Waals surface area contributed by atoms with Crippen LogP contribution in [0.3, 0.4) is 0 Å². The summed E-state index contributed by atoms with van der Waals surface area (Å²) in [5, 5.41) is 53.4. The maximum atomic E-state index is 12.8. The Labute approximate surface area is 224 Å². The molecule has 8 N–H and O–H groups in total. The van der Waals surface area contributed by atoms with Gasteiger partial charge in [0, 0.05) is 35.6 Å².